The molecule has 4 nitrogen and oxygen atoms in total. The Morgan fingerprint density at radius 1 is 1.23 bits per heavy atom. The third-order valence-electron chi connectivity index (χ3n) is 4.72. The van der Waals surface area contributed by atoms with Crippen molar-refractivity contribution in [1.29, 1.82) is 0 Å². The average molecular weight is 391 g/mol. The zero-order chi connectivity index (χ0) is 18.5. The van der Waals surface area contributed by atoms with Crippen molar-refractivity contribution < 1.29 is 9.59 Å². The van der Waals surface area contributed by atoms with Gasteiger partial charge < -0.3 is 10.2 Å². The highest BCUT2D eigenvalue weighted by Gasteiger charge is 2.30. The maximum absolute atomic E-state index is 12.9. The van der Waals surface area contributed by atoms with E-state index in [4.69, 9.17) is 0 Å². The number of piperidine rings is 1. The average Bonchev–Trinajstić information content (AvgIpc) is 3.33. The van der Waals surface area contributed by atoms with Crippen LogP contribution in [0.25, 0.3) is 0 Å². The number of thiophene rings is 2. The Labute approximate surface area is 163 Å². The van der Waals surface area contributed by atoms with Gasteiger partial charge in [-0.2, -0.15) is 0 Å². The number of amides is 2. The summed E-state index contributed by atoms with van der Waals surface area (Å²) in [6, 6.07) is 7.92. The zero-order valence-electron chi connectivity index (χ0n) is 15.3. The van der Waals surface area contributed by atoms with Gasteiger partial charge in [-0.05, 0) is 48.1 Å². The zero-order valence-corrected chi connectivity index (χ0v) is 16.9. The maximum atomic E-state index is 12.9. The number of hydrogen-bond donors (Lipinski definition) is 1. The van der Waals surface area contributed by atoms with Crippen molar-refractivity contribution in [1.82, 2.24) is 10.2 Å². The molecule has 140 valence electrons. The minimum Gasteiger partial charge on any atom is -0.348 e. The monoisotopic (exact) mass is 390 g/mol. The molecular weight excluding hydrogens is 364 g/mol. The first kappa shape index (κ1) is 19.1. The Kier molecular flexibility index (Phi) is 6.48. The van der Waals surface area contributed by atoms with Crippen LogP contribution in [0, 0.1) is 11.8 Å². The van der Waals surface area contributed by atoms with Crippen molar-refractivity contribution in [2.75, 3.05) is 13.1 Å². The molecule has 3 heterocycles. The molecule has 0 bridgehead atoms. The Hall–Kier alpha value is -1.66. The normalized spacial score (nSPS) is 18.7. The highest BCUT2D eigenvalue weighted by Crippen LogP contribution is 2.27. The van der Waals surface area contributed by atoms with Crippen LogP contribution >= 0.6 is 22.7 Å². The van der Waals surface area contributed by atoms with Gasteiger partial charge in [0, 0.05) is 18.0 Å². The summed E-state index contributed by atoms with van der Waals surface area (Å²) in [6.45, 7) is 5.60. The number of hydrogen-bond acceptors (Lipinski definition) is 4. The van der Waals surface area contributed by atoms with E-state index in [1.807, 2.05) is 28.5 Å². The number of rotatable bonds is 6. The van der Waals surface area contributed by atoms with E-state index in [1.54, 1.807) is 11.3 Å². The van der Waals surface area contributed by atoms with E-state index < -0.39 is 0 Å². The predicted octanol–water partition coefficient (Wildman–Crippen LogP) is 4.57. The second-order valence-electron chi connectivity index (χ2n) is 7.27. The maximum Gasteiger partial charge on any atom is 0.263 e. The lowest BCUT2D eigenvalue weighted by Crippen LogP contribution is -2.46. The van der Waals surface area contributed by atoms with Crippen LogP contribution in [0.15, 0.2) is 35.0 Å². The van der Waals surface area contributed by atoms with Crippen LogP contribution in [0.3, 0.4) is 0 Å². The van der Waals surface area contributed by atoms with Gasteiger partial charge in [0.25, 0.3) is 5.91 Å². The van der Waals surface area contributed by atoms with E-state index >= 15 is 0 Å². The number of nitrogens with zero attached hydrogens (tertiary/aromatic N) is 1. The Morgan fingerprint density at radius 2 is 2.00 bits per heavy atom. The van der Waals surface area contributed by atoms with E-state index in [-0.39, 0.29) is 23.8 Å². The molecule has 1 aliphatic heterocycles. The van der Waals surface area contributed by atoms with Gasteiger partial charge in [-0.15, -0.1) is 22.7 Å². The topological polar surface area (TPSA) is 49.4 Å². The Morgan fingerprint density at radius 3 is 2.65 bits per heavy atom. The van der Waals surface area contributed by atoms with Crippen molar-refractivity contribution in [2.45, 2.75) is 39.2 Å². The summed E-state index contributed by atoms with van der Waals surface area (Å²) in [6.07, 6.45) is 2.65. The molecule has 0 saturated carbocycles. The third kappa shape index (κ3) is 4.74. The first-order valence-electron chi connectivity index (χ1n) is 9.21. The van der Waals surface area contributed by atoms with Crippen LogP contribution in [-0.4, -0.2) is 29.8 Å². The molecule has 2 aromatic rings. The van der Waals surface area contributed by atoms with Crippen LogP contribution < -0.4 is 5.32 Å². The van der Waals surface area contributed by atoms with Gasteiger partial charge in [0.05, 0.1) is 16.8 Å². The molecular formula is C20H26N2O2S2. The fraction of sp³-hybridized carbons (Fsp3) is 0.500. The van der Waals surface area contributed by atoms with Crippen molar-refractivity contribution >= 4 is 34.5 Å². The molecule has 0 aliphatic carbocycles. The summed E-state index contributed by atoms with van der Waals surface area (Å²) in [7, 11) is 0. The van der Waals surface area contributed by atoms with E-state index in [9.17, 15) is 9.59 Å². The van der Waals surface area contributed by atoms with Gasteiger partial charge >= 0.3 is 0 Å². The minimum absolute atomic E-state index is 0.0505. The van der Waals surface area contributed by atoms with Crippen LogP contribution in [0.2, 0.25) is 0 Å². The number of carbonyl (C=O) groups is 2. The molecule has 2 amide bonds. The van der Waals surface area contributed by atoms with Crippen LogP contribution in [0.1, 0.15) is 53.7 Å². The molecule has 26 heavy (non-hydrogen) atoms. The Balaban J connectivity index is 1.63. The highest BCUT2D eigenvalue weighted by atomic mass is 32.1. The fourth-order valence-corrected chi connectivity index (χ4v) is 4.91. The molecule has 0 aromatic carbocycles. The predicted molar refractivity (Wildman–Crippen MR) is 108 cm³/mol. The summed E-state index contributed by atoms with van der Waals surface area (Å²) in [5.41, 5.74) is 0. The van der Waals surface area contributed by atoms with Crippen molar-refractivity contribution in [3.63, 3.8) is 0 Å². The summed E-state index contributed by atoms with van der Waals surface area (Å²) >= 11 is 3.15. The molecule has 1 fully saturated rings. The third-order valence-corrected chi connectivity index (χ3v) is 6.57. The summed E-state index contributed by atoms with van der Waals surface area (Å²) in [5.74, 6) is 0.509. The van der Waals surface area contributed by atoms with E-state index in [1.165, 1.54) is 16.2 Å². The molecule has 1 aliphatic rings. The van der Waals surface area contributed by atoms with Gasteiger partial charge in [0.2, 0.25) is 5.91 Å². The van der Waals surface area contributed by atoms with Crippen molar-refractivity contribution in [3.8, 4) is 0 Å². The van der Waals surface area contributed by atoms with Gasteiger partial charge in [-0.3, -0.25) is 9.59 Å². The van der Waals surface area contributed by atoms with Gasteiger partial charge in [0.1, 0.15) is 0 Å². The van der Waals surface area contributed by atoms with Gasteiger partial charge in [0.15, 0.2) is 0 Å². The molecule has 6 heteroatoms. The lowest BCUT2D eigenvalue weighted by molar-refractivity contribution is -0.127. The standard InChI is InChI=1S/C20H26N2O2S2/c1-14(2)12-16(17-7-4-10-25-17)21-19(23)15-6-3-9-22(13-15)20(24)18-8-5-11-26-18/h4-5,7-8,10-11,14-16H,3,6,9,12-13H2,1-2H3,(H,21,23). The van der Waals surface area contributed by atoms with Gasteiger partial charge in [-0.25, -0.2) is 0 Å². The quantitative estimate of drug-likeness (QED) is 0.786. The SMILES string of the molecule is CC(C)CC(NC(=O)C1CCCN(C(=O)c2cccs2)C1)c1cccs1. The second-order valence-corrected chi connectivity index (χ2v) is 9.20. The minimum atomic E-state index is -0.123. The number of likely N-dealkylation sites (tertiary alicyclic amines) is 1. The molecule has 2 atom stereocenters. The summed E-state index contributed by atoms with van der Waals surface area (Å²) in [4.78, 5) is 29.3. The Bertz CT molecular complexity index is 710. The summed E-state index contributed by atoms with van der Waals surface area (Å²) < 4.78 is 0. The molecule has 2 unspecified atom stereocenters. The van der Waals surface area contributed by atoms with E-state index in [0.717, 1.165) is 30.7 Å². The largest absolute Gasteiger partial charge is 0.348 e. The van der Waals surface area contributed by atoms with Crippen LogP contribution in [0.5, 0.6) is 0 Å². The molecule has 1 saturated heterocycles. The first-order chi connectivity index (χ1) is 12.5. The van der Waals surface area contributed by atoms with E-state index in [2.05, 4.69) is 30.6 Å². The number of carbonyl (C=O) groups excluding carboxylic acids is 2. The van der Waals surface area contributed by atoms with Crippen molar-refractivity contribution in [2.24, 2.45) is 11.8 Å². The van der Waals surface area contributed by atoms with E-state index in [0.29, 0.717) is 12.5 Å². The second kappa shape index (κ2) is 8.82. The molecule has 1 N–H and O–H groups in total. The fourth-order valence-electron chi connectivity index (χ4n) is 3.43. The molecule has 2 aromatic heterocycles. The summed E-state index contributed by atoms with van der Waals surface area (Å²) in [5, 5.41) is 7.22. The van der Waals surface area contributed by atoms with Crippen molar-refractivity contribution in [3.05, 3.63) is 44.8 Å². The number of nitrogens with one attached hydrogen (secondary N) is 1. The van der Waals surface area contributed by atoms with Crippen LogP contribution in [0.4, 0.5) is 0 Å². The highest BCUT2D eigenvalue weighted by molar-refractivity contribution is 7.12. The molecule has 3 rings (SSSR count). The lowest BCUT2D eigenvalue weighted by Gasteiger charge is -2.33. The molecule has 0 spiro atoms. The smallest absolute Gasteiger partial charge is 0.263 e. The molecule has 0 radical (unpaired) electrons. The first-order valence-corrected chi connectivity index (χ1v) is 11.0. The van der Waals surface area contributed by atoms with Gasteiger partial charge in [-0.1, -0.05) is 26.0 Å². The lowest BCUT2D eigenvalue weighted by atomic mass is 9.95. The van der Waals surface area contributed by atoms with Crippen LogP contribution in [-0.2, 0) is 4.79 Å².